The Labute approximate surface area is 103 Å². The monoisotopic (exact) mass is 248 g/mol. The van der Waals surface area contributed by atoms with Crippen molar-refractivity contribution >= 4 is 5.95 Å². The summed E-state index contributed by atoms with van der Waals surface area (Å²) in [6.07, 6.45) is 3.02. The Hall–Kier alpha value is -2.51. The molecule has 0 atom stereocenters. The van der Waals surface area contributed by atoms with Crippen LogP contribution < -0.4 is 15.2 Å². The summed E-state index contributed by atoms with van der Waals surface area (Å²) in [4.78, 5) is 20.1. The summed E-state index contributed by atoms with van der Waals surface area (Å²) in [7, 11) is 1.49. The first-order chi connectivity index (χ1) is 8.74. The van der Waals surface area contributed by atoms with Gasteiger partial charge >= 0.3 is 6.01 Å². The Morgan fingerprint density at radius 3 is 2.67 bits per heavy atom. The number of nitrogen functional groups attached to an aromatic ring is 1. The predicted molar refractivity (Wildman–Crippen MR) is 63.0 cm³/mol. The molecule has 2 heterocycles. The second-order valence-electron chi connectivity index (χ2n) is 3.15. The lowest BCUT2D eigenvalue weighted by Gasteiger charge is -2.06. The maximum atomic E-state index is 5.59. The van der Waals surface area contributed by atoms with Crippen molar-refractivity contribution in [1.82, 2.24) is 24.9 Å². The Kier molecular flexibility index (Phi) is 3.46. The van der Waals surface area contributed by atoms with Gasteiger partial charge in [-0.25, -0.2) is 9.97 Å². The van der Waals surface area contributed by atoms with Gasteiger partial charge < -0.3 is 15.2 Å². The molecule has 0 aliphatic heterocycles. The summed E-state index contributed by atoms with van der Waals surface area (Å²) in [5, 5.41) is 0. The summed E-state index contributed by atoms with van der Waals surface area (Å²) in [6, 6.07) is 0.146. The predicted octanol–water partition coefficient (Wildman–Crippen LogP) is 0.318. The molecular weight excluding hydrogens is 236 g/mol. The smallest absolute Gasteiger partial charge is 0.321 e. The van der Waals surface area contributed by atoms with Crippen molar-refractivity contribution in [2.24, 2.45) is 0 Å². The number of aromatic nitrogens is 5. The Balaban J connectivity index is 2.49. The fraction of sp³-hybridized carbons (Fsp3) is 0.300. The van der Waals surface area contributed by atoms with Crippen molar-refractivity contribution in [1.29, 1.82) is 0 Å². The Morgan fingerprint density at radius 2 is 1.94 bits per heavy atom. The van der Waals surface area contributed by atoms with Crippen LogP contribution in [0.2, 0.25) is 0 Å². The number of methoxy groups -OCH3 is 1. The summed E-state index contributed by atoms with van der Waals surface area (Å²) in [5.74, 6) is 0.623. The molecule has 0 amide bonds. The van der Waals surface area contributed by atoms with Gasteiger partial charge in [-0.1, -0.05) is 0 Å². The SMILES string of the molecule is CCOc1nc(N)nc(-c2nccnc2OC)n1. The summed E-state index contributed by atoms with van der Waals surface area (Å²) >= 11 is 0. The molecule has 18 heavy (non-hydrogen) atoms. The van der Waals surface area contributed by atoms with Gasteiger partial charge in [0.2, 0.25) is 11.8 Å². The van der Waals surface area contributed by atoms with E-state index in [0.717, 1.165) is 0 Å². The Morgan fingerprint density at radius 1 is 1.17 bits per heavy atom. The maximum Gasteiger partial charge on any atom is 0.321 e. The van der Waals surface area contributed by atoms with Crippen molar-refractivity contribution in [2.45, 2.75) is 6.92 Å². The van der Waals surface area contributed by atoms with Crippen LogP contribution in [0.4, 0.5) is 5.95 Å². The van der Waals surface area contributed by atoms with E-state index in [2.05, 4.69) is 24.9 Å². The van der Waals surface area contributed by atoms with Crippen LogP contribution in [0.15, 0.2) is 12.4 Å². The molecule has 0 spiro atoms. The first-order valence-corrected chi connectivity index (χ1v) is 5.24. The van der Waals surface area contributed by atoms with Gasteiger partial charge in [-0.2, -0.15) is 15.0 Å². The van der Waals surface area contributed by atoms with E-state index in [1.807, 2.05) is 6.92 Å². The lowest BCUT2D eigenvalue weighted by molar-refractivity contribution is 0.312. The highest BCUT2D eigenvalue weighted by atomic mass is 16.5. The largest absolute Gasteiger partial charge is 0.479 e. The average Bonchev–Trinajstić information content (AvgIpc) is 2.38. The van der Waals surface area contributed by atoms with Gasteiger partial charge in [0.05, 0.1) is 13.7 Å². The molecule has 0 bridgehead atoms. The molecular formula is C10H12N6O2. The normalized spacial score (nSPS) is 10.1. The lowest BCUT2D eigenvalue weighted by Crippen LogP contribution is -2.06. The number of nitrogens with zero attached hydrogens (tertiary/aromatic N) is 5. The fourth-order valence-electron chi connectivity index (χ4n) is 1.30. The number of nitrogens with two attached hydrogens (primary N) is 1. The zero-order valence-corrected chi connectivity index (χ0v) is 9.99. The molecule has 8 nitrogen and oxygen atoms in total. The second kappa shape index (κ2) is 5.21. The third-order valence-corrected chi connectivity index (χ3v) is 1.98. The van der Waals surface area contributed by atoms with Crippen molar-refractivity contribution < 1.29 is 9.47 Å². The molecule has 2 aromatic heterocycles. The van der Waals surface area contributed by atoms with Crippen molar-refractivity contribution in [3.63, 3.8) is 0 Å². The van der Waals surface area contributed by atoms with E-state index in [1.54, 1.807) is 0 Å². The molecule has 94 valence electrons. The van der Waals surface area contributed by atoms with Crippen LogP contribution in [0.1, 0.15) is 6.92 Å². The number of anilines is 1. The van der Waals surface area contributed by atoms with Gasteiger partial charge in [-0.05, 0) is 6.92 Å². The van der Waals surface area contributed by atoms with E-state index in [-0.39, 0.29) is 17.8 Å². The van der Waals surface area contributed by atoms with E-state index in [0.29, 0.717) is 18.2 Å². The third kappa shape index (κ3) is 2.42. The van der Waals surface area contributed by atoms with Crippen LogP contribution >= 0.6 is 0 Å². The van der Waals surface area contributed by atoms with E-state index in [9.17, 15) is 0 Å². The molecule has 8 heteroatoms. The zero-order valence-electron chi connectivity index (χ0n) is 9.99. The van der Waals surface area contributed by atoms with E-state index in [4.69, 9.17) is 15.2 Å². The van der Waals surface area contributed by atoms with Gasteiger partial charge in [0.25, 0.3) is 0 Å². The van der Waals surface area contributed by atoms with Crippen LogP contribution in [-0.4, -0.2) is 38.6 Å². The van der Waals surface area contributed by atoms with Crippen molar-refractivity contribution in [2.75, 3.05) is 19.5 Å². The quantitative estimate of drug-likeness (QED) is 0.823. The lowest BCUT2D eigenvalue weighted by atomic mass is 10.4. The van der Waals surface area contributed by atoms with Crippen molar-refractivity contribution in [3.05, 3.63) is 12.4 Å². The van der Waals surface area contributed by atoms with Crippen LogP contribution in [0, 0.1) is 0 Å². The number of hydrogen-bond acceptors (Lipinski definition) is 8. The molecule has 0 fully saturated rings. The molecule has 0 aliphatic rings. The summed E-state index contributed by atoms with van der Waals surface area (Å²) in [5.41, 5.74) is 5.97. The first-order valence-electron chi connectivity index (χ1n) is 5.24. The van der Waals surface area contributed by atoms with Crippen LogP contribution in [0.5, 0.6) is 11.9 Å². The minimum atomic E-state index is 0.0520. The molecule has 2 aromatic rings. The van der Waals surface area contributed by atoms with Gasteiger partial charge in [-0.3, -0.25) is 0 Å². The van der Waals surface area contributed by atoms with E-state index in [1.165, 1.54) is 19.5 Å². The van der Waals surface area contributed by atoms with Gasteiger partial charge in [0.15, 0.2) is 11.5 Å². The number of rotatable bonds is 4. The highest BCUT2D eigenvalue weighted by Gasteiger charge is 2.14. The maximum absolute atomic E-state index is 5.59. The van der Waals surface area contributed by atoms with Crippen LogP contribution in [-0.2, 0) is 0 Å². The van der Waals surface area contributed by atoms with Crippen LogP contribution in [0.25, 0.3) is 11.5 Å². The molecule has 0 aromatic carbocycles. The average molecular weight is 248 g/mol. The van der Waals surface area contributed by atoms with E-state index < -0.39 is 0 Å². The second-order valence-corrected chi connectivity index (χ2v) is 3.15. The summed E-state index contributed by atoms with van der Waals surface area (Å²) < 4.78 is 10.3. The highest BCUT2D eigenvalue weighted by molar-refractivity contribution is 5.56. The topological polar surface area (TPSA) is 109 Å². The molecule has 0 saturated heterocycles. The molecule has 2 N–H and O–H groups in total. The molecule has 0 aliphatic carbocycles. The van der Waals surface area contributed by atoms with E-state index >= 15 is 0 Å². The molecule has 0 unspecified atom stereocenters. The number of ether oxygens (including phenoxy) is 2. The van der Waals surface area contributed by atoms with Gasteiger partial charge in [0.1, 0.15) is 0 Å². The molecule has 0 radical (unpaired) electrons. The van der Waals surface area contributed by atoms with Crippen LogP contribution in [0.3, 0.4) is 0 Å². The first kappa shape index (κ1) is 12.0. The highest BCUT2D eigenvalue weighted by Crippen LogP contribution is 2.23. The van der Waals surface area contributed by atoms with Gasteiger partial charge in [-0.15, -0.1) is 0 Å². The fourth-order valence-corrected chi connectivity index (χ4v) is 1.30. The zero-order chi connectivity index (χ0) is 13.0. The third-order valence-electron chi connectivity index (χ3n) is 1.98. The Bertz CT molecular complexity index is 548. The standard InChI is InChI=1S/C10H12N6O2/c1-3-18-10-15-7(14-9(11)16-10)6-8(17-2)13-5-4-12-6/h4-5H,3H2,1-2H3,(H2,11,14,15,16). The van der Waals surface area contributed by atoms with Crippen molar-refractivity contribution in [3.8, 4) is 23.4 Å². The minimum Gasteiger partial charge on any atom is -0.479 e. The summed E-state index contributed by atoms with van der Waals surface area (Å²) in [6.45, 7) is 2.25. The molecule has 0 saturated carbocycles. The number of hydrogen-bond donors (Lipinski definition) is 1. The molecule has 2 rings (SSSR count). The minimum absolute atomic E-state index is 0.0520. The van der Waals surface area contributed by atoms with Gasteiger partial charge in [0, 0.05) is 12.4 Å².